The Bertz CT molecular complexity index is 814. The van der Waals surface area contributed by atoms with Crippen molar-refractivity contribution in [3.05, 3.63) is 40.9 Å². The van der Waals surface area contributed by atoms with Crippen LogP contribution >= 0.6 is 11.3 Å². The Morgan fingerprint density at radius 2 is 2.29 bits per heavy atom. The molecule has 0 saturated carbocycles. The number of anilines is 1. The number of carbonyl (C=O) groups is 1. The van der Waals surface area contributed by atoms with E-state index in [0.717, 1.165) is 30.6 Å². The first-order chi connectivity index (χ1) is 13.7. The number of hydrazone groups is 1. The summed E-state index contributed by atoms with van der Waals surface area (Å²) in [6.07, 6.45) is 5.28. The second-order valence-electron chi connectivity index (χ2n) is 5.89. The lowest BCUT2D eigenvalue weighted by atomic mass is 10.2. The highest BCUT2D eigenvalue weighted by atomic mass is 32.1. The lowest BCUT2D eigenvalue weighted by Crippen LogP contribution is -2.07. The van der Waals surface area contributed by atoms with Crippen LogP contribution in [0.1, 0.15) is 43.9 Å². The standard InChI is InChI=1S/C20H24N4O3S/c1-2-26-19(25)13-17-15-28-20(23-17)24-22-14-16-8-7-9-18(12-16)27-11-6-4-3-5-10-21/h7-9,12,14-15H,2-6,11,13H2,1H3,(H,23,24). The van der Waals surface area contributed by atoms with E-state index in [2.05, 4.69) is 21.6 Å². The minimum atomic E-state index is -0.287. The van der Waals surface area contributed by atoms with Crippen molar-refractivity contribution in [2.24, 2.45) is 5.10 Å². The Morgan fingerprint density at radius 1 is 1.39 bits per heavy atom. The number of rotatable bonds is 12. The molecule has 0 radical (unpaired) electrons. The van der Waals surface area contributed by atoms with Crippen LogP contribution in [0.15, 0.2) is 34.7 Å². The molecule has 1 aromatic carbocycles. The maximum absolute atomic E-state index is 11.5. The lowest BCUT2D eigenvalue weighted by Gasteiger charge is -2.06. The monoisotopic (exact) mass is 400 g/mol. The number of unbranched alkanes of at least 4 members (excludes halogenated alkanes) is 3. The number of nitrogens with zero attached hydrogens (tertiary/aromatic N) is 3. The fourth-order valence-corrected chi connectivity index (χ4v) is 2.98. The van der Waals surface area contributed by atoms with Gasteiger partial charge in [-0.05, 0) is 43.9 Å². The van der Waals surface area contributed by atoms with Crippen molar-refractivity contribution in [3.63, 3.8) is 0 Å². The number of benzene rings is 1. The van der Waals surface area contributed by atoms with Crippen molar-refractivity contribution in [1.82, 2.24) is 4.98 Å². The molecule has 0 atom stereocenters. The van der Waals surface area contributed by atoms with Gasteiger partial charge in [0, 0.05) is 11.8 Å². The third-order valence-corrected chi connectivity index (χ3v) is 4.41. The van der Waals surface area contributed by atoms with Crippen molar-refractivity contribution in [2.75, 3.05) is 18.6 Å². The molecule has 0 aliphatic carbocycles. The van der Waals surface area contributed by atoms with Crippen LogP contribution in [0.5, 0.6) is 5.75 Å². The van der Waals surface area contributed by atoms with Gasteiger partial charge in [0.1, 0.15) is 5.75 Å². The number of ether oxygens (including phenoxy) is 2. The summed E-state index contributed by atoms with van der Waals surface area (Å²) in [5.74, 6) is 0.500. The fourth-order valence-electron chi connectivity index (χ4n) is 2.32. The fraction of sp³-hybridized carbons (Fsp3) is 0.400. The molecule has 148 valence electrons. The third kappa shape index (κ3) is 8.18. The van der Waals surface area contributed by atoms with Crippen molar-refractivity contribution in [2.45, 2.75) is 39.0 Å². The van der Waals surface area contributed by atoms with E-state index in [1.807, 2.05) is 24.3 Å². The van der Waals surface area contributed by atoms with Crippen LogP contribution in [0.25, 0.3) is 0 Å². The number of esters is 1. The van der Waals surface area contributed by atoms with Crippen molar-refractivity contribution in [1.29, 1.82) is 5.26 Å². The number of aromatic nitrogens is 1. The average Bonchev–Trinajstić information content (AvgIpc) is 3.12. The summed E-state index contributed by atoms with van der Waals surface area (Å²) in [6, 6.07) is 9.80. The van der Waals surface area contributed by atoms with Crippen LogP contribution < -0.4 is 10.2 Å². The summed E-state index contributed by atoms with van der Waals surface area (Å²) in [5, 5.41) is 15.1. The Morgan fingerprint density at radius 3 is 3.11 bits per heavy atom. The van der Waals surface area contributed by atoms with Gasteiger partial charge in [0.25, 0.3) is 0 Å². The van der Waals surface area contributed by atoms with Crippen LogP contribution in [-0.4, -0.2) is 30.4 Å². The molecule has 8 heteroatoms. The van der Waals surface area contributed by atoms with Gasteiger partial charge in [-0.2, -0.15) is 10.4 Å². The van der Waals surface area contributed by atoms with Gasteiger partial charge in [-0.3, -0.25) is 10.2 Å². The number of hydrogen-bond donors (Lipinski definition) is 1. The van der Waals surface area contributed by atoms with Gasteiger partial charge in [0.15, 0.2) is 0 Å². The molecule has 1 N–H and O–H groups in total. The molecule has 0 bridgehead atoms. The third-order valence-electron chi connectivity index (χ3n) is 3.62. The molecule has 1 aromatic heterocycles. The van der Waals surface area contributed by atoms with Crippen molar-refractivity contribution < 1.29 is 14.3 Å². The summed E-state index contributed by atoms with van der Waals surface area (Å²) < 4.78 is 10.6. The zero-order chi connectivity index (χ0) is 20.0. The van der Waals surface area contributed by atoms with E-state index < -0.39 is 0 Å². The van der Waals surface area contributed by atoms with Gasteiger partial charge in [-0.25, -0.2) is 4.98 Å². The SMILES string of the molecule is CCOC(=O)Cc1csc(NN=Cc2cccc(OCCCCCC#N)c2)n1. The van der Waals surface area contributed by atoms with E-state index in [-0.39, 0.29) is 12.4 Å². The van der Waals surface area contributed by atoms with E-state index in [0.29, 0.717) is 30.5 Å². The highest BCUT2D eigenvalue weighted by Gasteiger charge is 2.07. The smallest absolute Gasteiger partial charge is 0.311 e. The molecule has 0 fully saturated rings. The summed E-state index contributed by atoms with van der Waals surface area (Å²) in [4.78, 5) is 15.8. The van der Waals surface area contributed by atoms with E-state index >= 15 is 0 Å². The van der Waals surface area contributed by atoms with Crippen LogP contribution in [0.3, 0.4) is 0 Å². The van der Waals surface area contributed by atoms with Gasteiger partial charge in [-0.15, -0.1) is 11.3 Å². The molecule has 0 aliphatic heterocycles. The average molecular weight is 401 g/mol. The molecular formula is C20H24N4O3S. The molecule has 0 unspecified atom stereocenters. The molecule has 2 rings (SSSR count). The Balaban J connectivity index is 1.77. The van der Waals surface area contributed by atoms with E-state index in [1.54, 1.807) is 18.5 Å². The van der Waals surface area contributed by atoms with E-state index in [1.165, 1.54) is 11.3 Å². The maximum atomic E-state index is 11.5. The molecule has 1 heterocycles. The lowest BCUT2D eigenvalue weighted by molar-refractivity contribution is -0.142. The Kier molecular flexibility index (Phi) is 9.52. The van der Waals surface area contributed by atoms with Gasteiger partial charge in [0.2, 0.25) is 5.13 Å². The summed E-state index contributed by atoms with van der Waals surface area (Å²) in [6.45, 7) is 2.77. The molecule has 2 aromatic rings. The van der Waals surface area contributed by atoms with Gasteiger partial charge >= 0.3 is 5.97 Å². The van der Waals surface area contributed by atoms with Crippen molar-refractivity contribution in [3.8, 4) is 11.8 Å². The summed E-state index contributed by atoms with van der Waals surface area (Å²) >= 11 is 1.38. The molecule has 0 spiro atoms. The molecule has 0 saturated heterocycles. The molecule has 28 heavy (non-hydrogen) atoms. The number of thiazole rings is 1. The van der Waals surface area contributed by atoms with Crippen LogP contribution in [0.2, 0.25) is 0 Å². The Labute approximate surface area is 169 Å². The summed E-state index contributed by atoms with van der Waals surface area (Å²) in [5.41, 5.74) is 4.43. The normalized spacial score (nSPS) is 10.6. The first-order valence-corrected chi connectivity index (χ1v) is 10.1. The van der Waals surface area contributed by atoms with Crippen LogP contribution in [0.4, 0.5) is 5.13 Å². The quantitative estimate of drug-likeness (QED) is 0.249. The molecule has 0 amide bonds. The largest absolute Gasteiger partial charge is 0.494 e. The van der Waals surface area contributed by atoms with E-state index in [9.17, 15) is 4.79 Å². The number of carbonyl (C=O) groups excluding carboxylic acids is 1. The minimum Gasteiger partial charge on any atom is -0.494 e. The number of nitriles is 1. The van der Waals surface area contributed by atoms with Crippen LogP contribution in [-0.2, 0) is 16.0 Å². The molecular weight excluding hydrogens is 376 g/mol. The Hall–Kier alpha value is -2.92. The topological polar surface area (TPSA) is 96.6 Å². The molecule has 7 nitrogen and oxygen atoms in total. The number of nitrogens with one attached hydrogen (secondary N) is 1. The van der Waals surface area contributed by atoms with Gasteiger partial charge < -0.3 is 9.47 Å². The van der Waals surface area contributed by atoms with Crippen molar-refractivity contribution >= 4 is 28.7 Å². The second kappa shape index (κ2) is 12.5. The maximum Gasteiger partial charge on any atom is 0.311 e. The van der Waals surface area contributed by atoms with Crippen LogP contribution in [0, 0.1) is 11.3 Å². The molecule has 0 aliphatic rings. The highest BCUT2D eigenvalue weighted by Crippen LogP contribution is 2.17. The zero-order valence-corrected chi connectivity index (χ0v) is 16.7. The predicted molar refractivity (Wildman–Crippen MR) is 110 cm³/mol. The first-order valence-electron chi connectivity index (χ1n) is 9.20. The highest BCUT2D eigenvalue weighted by molar-refractivity contribution is 7.13. The summed E-state index contributed by atoms with van der Waals surface area (Å²) in [7, 11) is 0. The van der Waals surface area contributed by atoms with E-state index in [4.69, 9.17) is 14.7 Å². The minimum absolute atomic E-state index is 0.158. The second-order valence-corrected chi connectivity index (χ2v) is 6.74. The van der Waals surface area contributed by atoms with Gasteiger partial charge in [0.05, 0.1) is 37.6 Å². The predicted octanol–water partition coefficient (Wildman–Crippen LogP) is 4.16. The number of hydrogen-bond acceptors (Lipinski definition) is 8. The van der Waals surface area contributed by atoms with Gasteiger partial charge in [-0.1, -0.05) is 12.1 Å². The first kappa shape index (κ1) is 21.4. The zero-order valence-electron chi connectivity index (χ0n) is 15.9.